The molecule has 5 heteroatoms. The Bertz CT molecular complexity index is 552. The van der Waals surface area contributed by atoms with Crippen molar-refractivity contribution >= 4 is 34.5 Å². The maximum atomic E-state index is 12.0. The Kier molecular flexibility index (Phi) is 3.99. The van der Waals surface area contributed by atoms with Crippen LogP contribution in [0.15, 0.2) is 29.0 Å². The third-order valence-electron chi connectivity index (χ3n) is 2.45. The molecule has 1 amide bonds. The van der Waals surface area contributed by atoms with E-state index in [2.05, 4.69) is 10.3 Å². The number of hydrogen-bond donors (Lipinski definition) is 1. The van der Waals surface area contributed by atoms with Gasteiger partial charge in [0.15, 0.2) is 0 Å². The number of nitrogens with zero attached hydrogens (tertiary/aromatic N) is 1. The minimum atomic E-state index is -0.167. The monoisotopic (exact) mass is 280 g/mol. The van der Waals surface area contributed by atoms with Crippen molar-refractivity contribution in [3.05, 3.63) is 45.4 Å². The molecule has 0 saturated carbocycles. The van der Waals surface area contributed by atoms with Gasteiger partial charge in [0.2, 0.25) is 0 Å². The summed E-state index contributed by atoms with van der Waals surface area (Å²) in [6, 6.07) is 5.21. The van der Waals surface area contributed by atoms with E-state index in [1.807, 2.05) is 30.7 Å². The molecule has 0 aliphatic heterocycles. The van der Waals surface area contributed by atoms with Crippen molar-refractivity contribution < 1.29 is 4.79 Å². The highest BCUT2D eigenvalue weighted by molar-refractivity contribution is 7.08. The first-order chi connectivity index (χ1) is 8.56. The van der Waals surface area contributed by atoms with Crippen LogP contribution in [0, 0.1) is 0 Å². The fourth-order valence-electron chi connectivity index (χ4n) is 1.48. The molecule has 3 nitrogen and oxygen atoms in total. The standard InChI is InChI=1S/C13H13ClN2OS/c1-8(2)11-5-9(6-12(14)16-11)13(17)15-10-3-4-18-7-10/h3-8H,1-2H3,(H,15,17). The van der Waals surface area contributed by atoms with Gasteiger partial charge in [-0.2, -0.15) is 11.3 Å². The van der Waals surface area contributed by atoms with Gasteiger partial charge >= 0.3 is 0 Å². The topological polar surface area (TPSA) is 42.0 Å². The summed E-state index contributed by atoms with van der Waals surface area (Å²) < 4.78 is 0. The minimum absolute atomic E-state index is 0.167. The molecule has 0 spiro atoms. The molecule has 0 aromatic carbocycles. The Labute approximate surface area is 115 Å². The number of pyridine rings is 1. The van der Waals surface area contributed by atoms with Crippen LogP contribution < -0.4 is 5.32 Å². The number of carbonyl (C=O) groups excluding carboxylic acids is 1. The van der Waals surface area contributed by atoms with Crippen molar-refractivity contribution in [2.45, 2.75) is 19.8 Å². The summed E-state index contributed by atoms with van der Waals surface area (Å²) in [4.78, 5) is 16.2. The van der Waals surface area contributed by atoms with Gasteiger partial charge in [-0.1, -0.05) is 25.4 Å². The zero-order valence-corrected chi connectivity index (χ0v) is 11.7. The van der Waals surface area contributed by atoms with E-state index in [0.717, 1.165) is 11.4 Å². The molecular weight excluding hydrogens is 268 g/mol. The molecule has 0 aliphatic rings. The van der Waals surface area contributed by atoms with Crippen LogP contribution in [0.25, 0.3) is 0 Å². The first kappa shape index (κ1) is 13.1. The number of aromatic nitrogens is 1. The van der Waals surface area contributed by atoms with Crippen LogP contribution in [0.1, 0.15) is 35.8 Å². The summed E-state index contributed by atoms with van der Waals surface area (Å²) in [7, 11) is 0. The van der Waals surface area contributed by atoms with Gasteiger partial charge in [0, 0.05) is 16.6 Å². The Morgan fingerprint density at radius 1 is 1.44 bits per heavy atom. The summed E-state index contributed by atoms with van der Waals surface area (Å²) in [5, 5.41) is 6.95. The van der Waals surface area contributed by atoms with E-state index in [1.54, 1.807) is 12.1 Å². The quantitative estimate of drug-likeness (QED) is 0.857. The summed E-state index contributed by atoms with van der Waals surface area (Å²) in [6.07, 6.45) is 0. The third-order valence-corrected chi connectivity index (χ3v) is 3.32. The largest absolute Gasteiger partial charge is 0.321 e. The highest BCUT2D eigenvalue weighted by atomic mass is 35.5. The zero-order chi connectivity index (χ0) is 13.1. The van der Waals surface area contributed by atoms with Crippen LogP contribution >= 0.6 is 22.9 Å². The molecule has 2 heterocycles. The first-order valence-electron chi connectivity index (χ1n) is 5.57. The lowest BCUT2D eigenvalue weighted by Gasteiger charge is -2.08. The Morgan fingerprint density at radius 2 is 2.22 bits per heavy atom. The summed E-state index contributed by atoms with van der Waals surface area (Å²) in [5.41, 5.74) is 2.15. The van der Waals surface area contributed by atoms with E-state index in [1.165, 1.54) is 11.3 Å². The SMILES string of the molecule is CC(C)c1cc(C(=O)Nc2ccsc2)cc(Cl)n1. The van der Waals surface area contributed by atoms with Crippen LogP contribution in [-0.4, -0.2) is 10.9 Å². The lowest BCUT2D eigenvalue weighted by atomic mass is 10.1. The minimum Gasteiger partial charge on any atom is -0.321 e. The lowest BCUT2D eigenvalue weighted by Crippen LogP contribution is -2.12. The first-order valence-corrected chi connectivity index (χ1v) is 6.89. The molecule has 0 saturated heterocycles. The zero-order valence-electron chi connectivity index (χ0n) is 10.1. The Morgan fingerprint density at radius 3 is 2.83 bits per heavy atom. The second-order valence-electron chi connectivity index (χ2n) is 4.22. The molecule has 0 radical (unpaired) electrons. The fourth-order valence-corrected chi connectivity index (χ4v) is 2.29. The second-order valence-corrected chi connectivity index (χ2v) is 5.39. The van der Waals surface area contributed by atoms with E-state index >= 15 is 0 Å². The van der Waals surface area contributed by atoms with Crippen molar-refractivity contribution in [2.75, 3.05) is 5.32 Å². The van der Waals surface area contributed by atoms with Crippen LogP contribution in [0.2, 0.25) is 5.15 Å². The number of hydrogen-bond acceptors (Lipinski definition) is 3. The van der Waals surface area contributed by atoms with Gasteiger partial charge in [-0.15, -0.1) is 0 Å². The van der Waals surface area contributed by atoms with Gasteiger partial charge in [0.25, 0.3) is 5.91 Å². The number of carbonyl (C=O) groups is 1. The van der Waals surface area contributed by atoms with Crippen LogP contribution in [0.4, 0.5) is 5.69 Å². The van der Waals surface area contributed by atoms with E-state index in [4.69, 9.17) is 11.6 Å². The lowest BCUT2D eigenvalue weighted by molar-refractivity contribution is 0.102. The van der Waals surface area contributed by atoms with E-state index in [0.29, 0.717) is 10.7 Å². The fraction of sp³-hybridized carbons (Fsp3) is 0.231. The van der Waals surface area contributed by atoms with Gasteiger partial charge < -0.3 is 5.32 Å². The predicted octanol–water partition coefficient (Wildman–Crippen LogP) is 4.17. The number of halogens is 1. The average molecular weight is 281 g/mol. The number of nitrogens with one attached hydrogen (secondary N) is 1. The average Bonchev–Trinajstić information content (AvgIpc) is 2.80. The number of rotatable bonds is 3. The maximum absolute atomic E-state index is 12.0. The molecule has 0 aliphatic carbocycles. The van der Waals surface area contributed by atoms with Gasteiger partial charge in [-0.05, 0) is 29.5 Å². The predicted molar refractivity (Wildman–Crippen MR) is 75.6 cm³/mol. The molecule has 18 heavy (non-hydrogen) atoms. The maximum Gasteiger partial charge on any atom is 0.255 e. The van der Waals surface area contributed by atoms with Crippen molar-refractivity contribution in [1.29, 1.82) is 0 Å². The molecular formula is C13H13ClN2OS. The summed E-state index contributed by atoms with van der Waals surface area (Å²) in [6.45, 7) is 4.03. The van der Waals surface area contributed by atoms with E-state index in [9.17, 15) is 4.79 Å². The normalized spacial score (nSPS) is 10.7. The molecule has 0 fully saturated rings. The number of amides is 1. The van der Waals surface area contributed by atoms with Crippen LogP contribution in [0.3, 0.4) is 0 Å². The number of anilines is 1. The molecule has 0 unspecified atom stereocenters. The highest BCUT2D eigenvalue weighted by Crippen LogP contribution is 2.19. The van der Waals surface area contributed by atoms with Crippen molar-refractivity contribution in [1.82, 2.24) is 4.98 Å². The molecule has 2 aromatic heterocycles. The molecule has 94 valence electrons. The van der Waals surface area contributed by atoms with Crippen molar-refractivity contribution in [3.63, 3.8) is 0 Å². The van der Waals surface area contributed by atoms with E-state index < -0.39 is 0 Å². The highest BCUT2D eigenvalue weighted by Gasteiger charge is 2.11. The van der Waals surface area contributed by atoms with Crippen LogP contribution in [-0.2, 0) is 0 Å². The second kappa shape index (κ2) is 5.50. The Balaban J connectivity index is 2.24. The summed E-state index contributed by atoms with van der Waals surface area (Å²) >= 11 is 7.47. The summed E-state index contributed by atoms with van der Waals surface area (Å²) in [5.74, 6) is 0.0657. The molecule has 2 aromatic rings. The van der Waals surface area contributed by atoms with Crippen molar-refractivity contribution in [2.24, 2.45) is 0 Å². The van der Waals surface area contributed by atoms with Gasteiger partial charge in [0.05, 0.1) is 5.69 Å². The van der Waals surface area contributed by atoms with Crippen LogP contribution in [0.5, 0.6) is 0 Å². The molecule has 2 rings (SSSR count). The molecule has 0 atom stereocenters. The van der Waals surface area contributed by atoms with Gasteiger partial charge in [-0.25, -0.2) is 4.98 Å². The molecule has 0 bridgehead atoms. The van der Waals surface area contributed by atoms with E-state index in [-0.39, 0.29) is 11.8 Å². The van der Waals surface area contributed by atoms with Gasteiger partial charge in [-0.3, -0.25) is 4.79 Å². The molecule has 1 N–H and O–H groups in total. The smallest absolute Gasteiger partial charge is 0.255 e. The number of thiophene rings is 1. The van der Waals surface area contributed by atoms with Gasteiger partial charge in [0.1, 0.15) is 5.15 Å². The third kappa shape index (κ3) is 3.09. The Hall–Kier alpha value is -1.39. The van der Waals surface area contributed by atoms with Crippen molar-refractivity contribution in [3.8, 4) is 0 Å².